The minimum absolute atomic E-state index is 0.778. The largest absolute Gasteiger partial charge is 0.292 e. The Hall–Kier alpha value is -1.82. The SMILES string of the molecule is Clc1ccc(CCc2ncccc2C#CCN2CCCC2)cc1. The lowest BCUT2D eigenvalue weighted by Crippen LogP contribution is -2.19. The number of pyridine rings is 1. The highest BCUT2D eigenvalue weighted by Crippen LogP contribution is 2.13. The van der Waals surface area contributed by atoms with E-state index in [2.05, 4.69) is 39.9 Å². The molecule has 0 spiro atoms. The Bertz CT molecular complexity index is 692. The molecule has 1 aliphatic rings. The lowest BCUT2D eigenvalue weighted by atomic mass is 10.0. The lowest BCUT2D eigenvalue weighted by Gasteiger charge is -2.08. The van der Waals surface area contributed by atoms with Crippen LogP contribution < -0.4 is 0 Å². The zero-order valence-corrected chi connectivity index (χ0v) is 14.0. The normalized spacial score (nSPS) is 14.5. The number of hydrogen-bond acceptors (Lipinski definition) is 2. The molecule has 0 amide bonds. The van der Waals surface area contributed by atoms with Crippen molar-refractivity contribution in [3.63, 3.8) is 0 Å². The van der Waals surface area contributed by atoms with Gasteiger partial charge in [-0.1, -0.05) is 35.6 Å². The topological polar surface area (TPSA) is 16.1 Å². The van der Waals surface area contributed by atoms with E-state index in [0.29, 0.717) is 0 Å². The smallest absolute Gasteiger partial charge is 0.0605 e. The summed E-state index contributed by atoms with van der Waals surface area (Å²) in [4.78, 5) is 6.93. The van der Waals surface area contributed by atoms with Crippen LogP contribution in [0.2, 0.25) is 5.02 Å². The first-order chi connectivity index (χ1) is 11.3. The van der Waals surface area contributed by atoms with Crippen molar-refractivity contribution in [2.45, 2.75) is 25.7 Å². The molecule has 2 heterocycles. The van der Waals surface area contributed by atoms with Crippen LogP contribution in [0.25, 0.3) is 0 Å². The maximum absolute atomic E-state index is 5.93. The second-order valence-corrected chi connectivity index (χ2v) is 6.35. The molecule has 3 rings (SSSR count). The van der Waals surface area contributed by atoms with Crippen LogP contribution >= 0.6 is 11.6 Å². The molecule has 23 heavy (non-hydrogen) atoms. The molecule has 0 aliphatic carbocycles. The second kappa shape index (κ2) is 8.15. The van der Waals surface area contributed by atoms with E-state index in [0.717, 1.165) is 35.7 Å². The van der Waals surface area contributed by atoms with Crippen molar-refractivity contribution >= 4 is 11.6 Å². The summed E-state index contributed by atoms with van der Waals surface area (Å²) >= 11 is 5.93. The van der Waals surface area contributed by atoms with E-state index in [9.17, 15) is 0 Å². The molecule has 0 unspecified atom stereocenters. The Morgan fingerprint density at radius 1 is 1.04 bits per heavy atom. The highest BCUT2D eigenvalue weighted by Gasteiger charge is 2.09. The van der Waals surface area contributed by atoms with Gasteiger partial charge in [-0.3, -0.25) is 9.88 Å². The summed E-state index contributed by atoms with van der Waals surface area (Å²) in [7, 11) is 0. The molecule has 2 aromatic rings. The standard InChI is InChI=1S/C20H21ClN2/c21-19-10-7-17(8-11-19)9-12-20-18(5-3-13-22-20)6-4-16-23-14-1-2-15-23/h3,5,7-8,10-11,13H,1-2,9,12,14-16H2. The predicted molar refractivity (Wildman–Crippen MR) is 95.6 cm³/mol. The van der Waals surface area contributed by atoms with E-state index >= 15 is 0 Å². The minimum atomic E-state index is 0.778. The van der Waals surface area contributed by atoms with Gasteiger partial charge >= 0.3 is 0 Å². The number of likely N-dealkylation sites (tertiary alicyclic amines) is 1. The summed E-state index contributed by atoms with van der Waals surface area (Å²) in [6.45, 7) is 3.24. The van der Waals surface area contributed by atoms with Crippen LogP contribution in [-0.2, 0) is 12.8 Å². The van der Waals surface area contributed by atoms with Gasteiger partial charge in [0.15, 0.2) is 0 Å². The van der Waals surface area contributed by atoms with Crippen molar-refractivity contribution in [2.24, 2.45) is 0 Å². The fraction of sp³-hybridized carbons (Fsp3) is 0.350. The number of aromatic nitrogens is 1. The summed E-state index contributed by atoms with van der Waals surface area (Å²) in [5, 5.41) is 0.778. The fourth-order valence-electron chi connectivity index (χ4n) is 2.85. The number of hydrogen-bond donors (Lipinski definition) is 0. The predicted octanol–water partition coefficient (Wildman–Crippen LogP) is 3.97. The number of rotatable bonds is 4. The summed E-state index contributed by atoms with van der Waals surface area (Å²) in [5.41, 5.74) is 3.41. The average Bonchev–Trinajstić information content (AvgIpc) is 3.09. The van der Waals surface area contributed by atoms with Crippen LogP contribution in [0.1, 0.15) is 29.7 Å². The molecule has 1 aromatic carbocycles. The molecule has 1 fully saturated rings. The van der Waals surface area contributed by atoms with Crippen LogP contribution in [0.3, 0.4) is 0 Å². The van der Waals surface area contributed by atoms with Crippen molar-refractivity contribution < 1.29 is 0 Å². The van der Waals surface area contributed by atoms with Gasteiger partial charge in [0.25, 0.3) is 0 Å². The van der Waals surface area contributed by atoms with E-state index in [1.54, 1.807) is 0 Å². The third kappa shape index (κ3) is 4.82. The quantitative estimate of drug-likeness (QED) is 0.791. The summed E-state index contributed by atoms with van der Waals surface area (Å²) in [5.74, 6) is 6.62. The molecule has 0 saturated carbocycles. The van der Waals surface area contributed by atoms with Crippen molar-refractivity contribution in [3.05, 3.63) is 64.4 Å². The summed E-state index contributed by atoms with van der Waals surface area (Å²) < 4.78 is 0. The van der Waals surface area contributed by atoms with E-state index < -0.39 is 0 Å². The monoisotopic (exact) mass is 324 g/mol. The number of aryl methyl sites for hydroxylation is 2. The van der Waals surface area contributed by atoms with Gasteiger partial charge < -0.3 is 0 Å². The molecule has 0 bridgehead atoms. The summed E-state index contributed by atoms with van der Waals surface area (Å²) in [6, 6.07) is 12.1. The van der Waals surface area contributed by atoms with Crippen LogP contribution in [0, 0.1) is 11.8 Å². The van der Waals surface area contributed by atoms with Gasteiger partial charge in [0.1, 0.15) is 0 Å². The molecule has 3 heteroatoms. The van der Waals surface area contributed by atoms with E-state index in [1.807, 2.05) is 24.4 Å². The molecule has 1 aromatic heterocycles. The highest BCUT2D eigenvalue weighted by molar-refractivity contribution is 6.30. The molecular formula is C20H21ClN2. The van der Waals surface area contributed by atoms with Crippen LogP contribution in [0.4, 0.5) is 0 Å². The van der Waals surface area contributed by atoms with Crippen molar-refractivity contribution in [1.82, 2.24) is 9.88 Å². The zero-order valence-electron chi connectivity index (χ0n) is 13.3. The van der Waals surface area contributed by atoms with Gasteiger partial charge in [-0.2, -0.15) is 0 Å². The molecule has 1 saturated heterocycles. The van der Waals surface area contributed by atoms with Crippen molar-refractivity contribution in [1.29, 1.82) is 0 Å². The van der Waals surface area contributed by atoms with Gasteiger partial charge in [-0.15, -0.1) is 0 Å². The number of halogens is 1. The molecule has 0 N–H and O–H groups in total. The molecule has 1 aliphatic heterocycles. The Morgan fingerprint density at radius 3 is 2.61 bits per heavy atom. The number of benzene rings is 1. The Morgan fingerprint density at radius 2 is 1.83 bits per heavy atom. The Labute approximate surface area is 143 Å². The molecule has 2 nitrogen and oxygen atoms in total. The first-order valence-electron chi connectivity index (χ1n) is 8.21. The second-order valence-electron chi connectivity index (χ2n) is 5.91. The van der Waals surface area contributed by atoms with Gasteiger partial charge in [0.2, 0.25) is 0 Å². The van der Waals surface area contributed by atoms with Gasteiger partial charge in [0.05, 0.1) is 12.2 Å². The summed E-state index contributed by atoms with van der Waals surface area (Å²) in [6.07, 6.45) is 6.32. The third-order valence-corrected chi connectivity index (χ3v) is 4.43. The molecular weight excluding hydrogens is 304 g/mol. The lowest BCUT2D eigenvalue weighted by molar-refractivity contribution is 0.383. The first-order valence-corrected chi connectivity index (χ1v) is 8.58. The first kappa shape index (κ1) is 16.1. The average molecular weight is 325 g/mol. The van der Waals surface area contributed by atoms with Gasteiger partial charge in [-0.25, -0.2) is 0 Å². The highest BCUT2D eigenvalue weighted by atomic mass is 35.5. The minimum Gasteiger partial charge on any atom is -0.292 e. The zero-order chi connectivity index (χ0) is 15.9. The van der Waals surface area contributed by atoms with Crippen LogP contribution in [0.5, 0.6) is 0 Å². The van der Waals surface area contributed by atoms with E-state index in [1.165, 1.54) is 31.5 Å². The van der Waals surface area contributed by atoms with Gasteiger partial charge in [0, 0.05) is 16.8 Å². The fourth-order valence-corrected chi connectivity index (χ4v) is 2.98. The Kier molecular flexibility index (Phi) is 5.69. The van der Waals surface area contributed by atoms with E-state index in [4.69, 9.17) is 11.6 Å². The van der Waals surface area contributed by atoms with E-state index in [-0.39, 0.29) is 0 Å². The third-order valence-electron chi connectivity index (χ3n) is 4.18. The van der Waals surface area contributed by atoms with Crippen molar-refractivity contribution in [3.8, 4) is 11.8 Å². The van der Waals surface area contributed by atoms with Crippen LogP contribution in [0.15, 0.2) is 42.6 Å². The maximum atomic E-state index is 5.93. The molecule has 0 radical (unpaired) electrons. The van der Waals surface area contributed by atoms with Crippen molar-refractivity contribution in [2.75, 3.05) is 19.6 Å². The number of nitrogens with zero attached hydrogens (tertiary/aromatic N) is 2. The molecule has 0 atom stereocenters. The molecule has 118 valence electrons. The Balaban J connectivity index is 1.63. The maximum Gasteiger partial charge on any atom is 0.0605 e. The van der Waals surface area contributed by atoms with Crippen LogP contribution in [-0.4, -0.2) is 29.5 Å². The van der Waals surface area contributed by atoms with Gasteiger partial charge in [-0.05, 0) is 68.6 Å².